The van der Waals surface area contributed by atoms with Gasteiger partial charge in [0.1, 0.15) is 6.29 Å². The molecule has 3 aromatic rings. The third-order valence-electron chi connectivity index (χ3n) is 4.91. The largest absolute Gasteiger partial charge is 0.377 e. The van der Waals surface area contributed by atoms with Crippen molar-refractivity contribution in [2.45, 2.75) is 18.7 Å². The molecule has 0 aliphatic heterocycles. The predicted octanol–water partition coefficient (Wildman–Crippen LogP) is 3.87. The third kappa shape index (κ3) is 4.69. The molecule has 1 amide bonds. The molecular formula is C23H25N3O4S. The molecule has 0 saturated carbocycles. The summed E-state index contributed by atoms with van der Waals surface area (Å²) in [6.07, 6.45) is 0.580. The third-order valence-corrected chi connectivity index (χ3v) is 6.34. The van der Waals surface area contributed by atoms with E-state index in [-0.39, 0.29) is 4.90 Å². The summed E-state index contributed by atoms with van der Waals surface area (Å²) in [5.41, 5.74) is 0.588. The lowest BCUT2D eigenvalue weighted by atomic mass is 9.94. The number of benzene rings is 3. The number of nitrogens with zero attached hydrogens (tertiary/aromatic N) is 1. The van der Waals surface area contributed by atoms with Crippen LogP contribution in [0.2, 0.25) is 0 Å². The molecule has 0 atom stereocenters. The zero-order valence-electron chi connectivity index (χ0n) is 17.8. The van der Waals surface area contributed by atoms with Gasteiger partial charge in [0.2, 0.25) is 5.91 Å². The van der Waals surface area contributed by atoms with Gasteiger partial charge in [-0.3, -0.25) is 9.52 Å². The van der Waals surface area contributed by atoms with Crippen LogP contribution in [0.25, 0.3) is 10.8 Å². The Morgan fingerprint density at radius 3 is 2.10 bits per heavy atom. The fourth-order valence-electron chi connectivity index (χ4n) is 3.07. The lowest BCUT2D eigenvalue weighted by molar-refractivity contribution is -0.130. The molecule has 0 heterocycles. The van der Waals surface area contributed by atoms with E-state index in [1.807, 2.05) is 37.2 Å². The average molecular weight is 440 g/mol. The number of amides is 1. The van der Waals surface area contributed by atoms with Crippen molar-refractivity contribution in [2.24, 2.45) is 5.41 Å². The van der Waals surface area contributed by atoms with Gasteiger partial charge in [0, 0.05) is 41.9 Å². The summed E-state index contributed by atoms with van der Waals surface area (Å²) in [7, 11) is -0.0327. The Morgan fingerprint density at radius 2 is 1.48 bits per heavy atom. The standard InChI is InChI=1S/C23H25N3O4S/c1-23(2,15-27)22(28)24-16-11-13-17(14-12-16)25-31(29,30)21-10-6-7-18-19(21)8-5-9-20(18)26(3)4/h5-15,25H,1-4H3,(H,24,28). The number of carbonyl (C=O) groups excluding carboxylic acids is 2. The molecule has 0 fully saturated rings. The van der Waals surface area contributed by atoms with Crippen molar-refractivity contribution < 1.29 is 18.0 Å². The Hall–Kier alpha value is -3.39. The van der Waals surface area contributed by atoms with E-state index in [0.717, 1.165) is 11.1 Å². The first-order valence-electron chi connectivity index (χ1n) is 9.65. The summed E-state index contributed by atoms with van der Waals surface area (Å²) in [4.78, 5) is 25.2. The minimum Gasteiger partial charge on any atom is -0.377 e. The first-order chi connectivity index (χ1) is 14.5. The van der Waals surface area contributed by atoms with E-state index in [9.17, 15) is 18.0 Å². The van der Waals surface area contributed by atoms with Gasteiger partial charge in [0.15, 0.2) is 0 Å². The van der Waals surface area contributed by atoms with Crippen LogP contribution in [-0.2, 0) is 19.6 Å². The highest BCUT2D eigenvalue weighted by Gasteiger charge is 2.27. The fraction of sp³-hybridized carbons (Fsp3) is 0.217. The van der Waals surface area contributed by atoms with Gasteiger partial charge < -0.3 is 15.0 Å². The molecule has 7 nitrogen and oxygen atoms in total. The highest BCUT2D eigenvalue weighted by molar-refractivity contribution is 7.93. The molecule has 0 unspecified atom stereocenters. The van der Waals surface area contributed by atoms with E-state index in [4.69, 9.17) is 0 Å². The first kappa shape index (κ1) is 22.3. The zero-order valence-corrected chi connectivity index (χ0v) is 18.7. The number of carbonyl (C=O) groups is 2. The summed E-state index contributed by atoms with van der Waals surface area (Å²) >= 11 is 0. The summed E-state index contributed by atoms with van der Waals surface area (Å²) in [5, 5.41) is 4.11. The van der Waals surface area contributed by atoms with E-state index in [1.54, 1.807) is 42.5 Å². The Kier molecular flexibility index (Phi) is 6.03. The molecule has 0 aromatic heterocycles. The van der Waals surface area contributed by atoms with E-state index in [1.165, 1.54) is 13.8 Å². The minimum atomic E-state index is -3.85. The van der Waals surface area contributed by atoms with Crippen LogP contribution >= 0.6 is 0 Å². The second-order valence-corrected chi connectivity index (χ2v) is 9.65. The average Bonchev–Trinajstić information content (AvgIpc) is 2.73. The number of hydrogen-bond donors (Lipinski definition) is 2. The van der Waals surface area contributed by atoms with Crippen molar-refractivity contribution in [3.63, 3.8) is 0 Å². The van der Waals surface area contributed by atoms with Crippen molar-refractivity contribution in [1.29, 1.82) is 0 Å². The van der Waals surface area contributed by atoms with Gasteiger partial charge in [-0.1, -0.05) is 24.3 Å². The molecule has 0 radical (unpaired) electrons. The first-order valence-corrected chi connectivity index (χ1v) is 11.1. The zero-order chi connectivity index (χ0) is 22.8. The smallest absolute Gasteiger partial charge is 0.262 e. The second-order valence-electron chi connectivity index (χ2n) is 8.00. The topological polar surface area (TPSA) is 95.6 Å². The molecule has 0 aliphatic carbocycles. The molecule has 31 heavy (non-hydrogen) atoms. The Bertz CT molecular complexity index is 1230. The maximum Gasteiger partial charge on any atom is 0.262 e. The SMILES string of the molecule is CN(C)c1cccc2c(S(=O)(=O)Nc3ccc(NC(=O)C(C)(C)C=O)cc3)cccc12. The van der Waals surface area contributed by atoms with Crippen LogP contribution in [0.15, 0.2) is 65.6 Å². The van der Waals surface area contributed by atoms with Crippen LogP contribution in [0, 0.1) is 5.41 Å². The summed E-state index contributed by atoms with van der Waals surface area (Å²) < 4.78 is 28.8. The van der Waals surface area contributed by atoms with E-state index in [0.29, 0.717) is 23.0 Å². The van der Waals surface area contributed by atoms with Gasteiger partial charge in [-0.15, -0.1) is 0 Å². The van der Waals surface area contributed by atoms with Gasteiger partial charge in [-0.05, 0) is 50.2 Å². The minimum absolute atomic E-state index is 0.179. The summed E-state index contributed by atoms with van der Waals surface area (Å²) in [6, 6.07) is 17.0. The van der Waals surface area contributed by atoms with Gasteiger partial charge in [-0.25, -0.2) is 8.42 Å². The van der Waals surface area contributed by atoms with Gasteiger partial charge in [0.05, 0.1) is 10.3 Å². The van der Waals surface area contributed by atoms with Gasteiger partial charge >= 0.3 is 0 Å². The number of rotatable bonds is 7. The number of sulfonamides is 1. The molecule has 8 heteroatoms. The number of nitrogens with one attached hydrogen (secondary N) is 2. The molecule has 3 aromatic carbocycles. The molecule has 0 bridgehead atoms. The monoisotopic (exact) mass is 439 g/mol. The maximum atomic E-state index is 13.1. The molecule has 0 spiro atoms. The van der Waals surface area contributed by atoms with E-state index >= 15 is 0 Å². The van der Waals surface area contributed by atoms with Gasteiger partial charge in [0.25, 0.3) is 10.0 Å². The molecule has 0 saturated heterocycles. The van der Waals surface area contributed by atoms with Crippen molar-refractivity contribution in [3.8, 4) is 0 Å². The Morgan fingerprint density at radius 1 is 0.903 bits per heavy atom. The van der Waals surface area contributed by atoms with Crippen LogP contribution in [0.3, 0.4) is 0 Å². The molecule has 3 rings (SSSR count). The van der Waals surface area contributed by atoms with Crippen molar-refractivity contribution in [2.75, 3.05) is 29.0 Å². The summed E-state index contributed by atoms with van der Waals surface area (Å²) in [6.45, 7) is 3.04. The van der Waals surface area contributed by atoms with Crippen molar-refractivity contribution in [1.82, 2.24) is 0 Å². The number of aldehydes is 1. The Balaban J connectivity index is 1.87. The molecule has 2 N–H and O–H groups in total. The maximum absolute atomic E-state index is 13.1. The normalized spacial score (nSPS) is 11.7. The van der Waals surface area contributed by atoms with Crippen LogP contribution in [0.4, 0.5) is 17.1 Å². The van der Waals surface area contributed by atoms with Gasteiger partial charge in [-0.2, -0.15) is 0 Å². The van der Waals surface area contributed by atoms with Crippen molar-refractivity contribution >= 4 is 50.1 Å². The predicted molar refractivity (Wildman–Crippen MR) is 124 cm³/mol. The highest BCUT2D eigenvalue weighted by Crippen LogP contribution is 2.31. The lowest BCUT2D eigenvalue weighted by Gasteiger charge is -2.18. The highest BCUT2D eigenvalue weighted by atomic mass is 32.2. The van der Waals surface area contributed by atoms with Crippen LogP contribution < -0.4 is 14.9 Å². The second kappa shape index (κ2) is 8.39. The molecule has 0 aliphatic rings. The van der Waals surface area contributed by atoms with Crippen molar-refractivity contribution in [3.05, 3.63) is 60.7 Å². The molecular weight excluding hydrogens is 414 g/mol. The number of anilines is 3. The van der Waals surface area contributed by atoms with E-state index < -0.39 is 21.3 Å². The summed E-state index contributed by atoms with van der Waals surface area (Å²) in [5.74, 6) is -0.441. The quantitative estimate of drug-likeness (QED) is 0.430. The van der Waals surface area contributed by atoms with Crippen LogP contribution in [-0.4, -0.2) is 34.7 Å². The number of hydrogen-bond acceptors (Lipinski definition) is 5. The van der Waals surface area contributed by atoms with E-state index in [2.05, 4.69) is 10.0 Å². The Labute approximate surface area is 182 Å². The number of fused-ring (bicyclic) bond motifs is 1. The lowest BCUT2D eigenvalue weighted by Crippen LogP contribution is -2.31. The van der Waals surface area contributed by atoms with Crippen LogP contribution in [0.1, 0.15) is 13.8 Å². The fourth-order valence-corrected chi connectivity index (χ4v) is 4.35. The van der Waals surface area contributed by atoms with Crippen LogP contribution in [0.5, 0.6) is 0 Å². The molecule has 162 valence electrons.